The van der Waals surface area contributed by atoms with Crippen molar-refractivity contribution in [2.45, 2.75) is 18.9 Å². The number of carbonyl (C=O) groups is 1. The lowest BCUT2D eigenvalue weighted by atomic mass is 10.0. The Kier molecular flexibility index (Phi) is 7.99. The van der Waals surface area contributed by atoms with Crippen molar-refractivity contribution >= 4 is 29.1 Å². The molecule has 2 N–H and O–H groups in total. The monoisotopic (exact) mass is 428 g/mol. The molecule has 0 aliphatic heterocycles. The molecule has 1 unspecified atom stereocenters. The van der Waals surface area contributed by atoms with E-state index >= 15 is 0 Å². The van der Waals surface area contributed by atoms with E-state index in [-0.39, 0.29) is 5.91 Å². The number of rotatable bonds is 9. The van der Waals surface area contributed by atoms with Gasteiger partial charge in [0.2, 0.25) is 5.91 Å². The van der Waals surface area contributed by atoms with Gasteiger partial charge in [-0.3, -0.25) is 14.8 Å². The van der Waals surface area contributed by atoms with Gasteiger partial charge >= 0.3 is 0 Å². The highest BCUT2D eigenvalue weighted by Crippen LogP contribution is 2.30. The van der Waals surface area contributed by atoms with Crippen LogP contribution in [0.3, 0.4) is 0 Å². The SMILES string of the molecule is O=C(NCCc1cccnc1)C(NCCc1ccncc1)c1cccc(Cl)c1Cl. The Morgan fingerprint density at radius 3 is 2.45 bits per heavy atom. The van der Waals surface area contributed by atoms with Gasteiger partial charge in [0.1, 0.15) is 6.04 Å². The normalized spacial score (nSPS) is 11.8. The molecule has 7 heteroatoms. The third kappa shape index (κ3) is 6.26. The van der Waals surface area contributed by atoms with Crippen molar-refractivity contribution in [1.29, 1.82) is 0 Å². The van der Waals surface area contributed by atoms with Crippen LogP contribution in [0.2, 0.25) is 10.0 Å². The Morgan fingerprint density at radius 1 is 0.897 bits per heavy atom. The Bertz CT molecular complexity index is 923. The van der Waals surface area contributed by atoms with Gasteiger partial charge in [-0.05, 0) is 53.8 Å². The molecule has 1 aromatic carbocycles. The van der Waals surface area contributed by atoms with Gasteiger partial charge in [0.15, 0.2) is 0 Å². The van der Waals surface area contributed by atoms with Gasteiger partial charge in [-0.1, -0.05) is 41.4 Å². The standard InChI is InChI=1S/C22H22Cl2N4O/c23-19-5-1-4-18(20(19)24)21(27-13-8-16-6-11-25-12-7-16)22(29)28-14-9-17-3-2-10-26-15-17/h1-7,10-12,15,21,27H,8-9,13-14H2,(H,28,29). The maximum absolute atomic E-state index is 12.9. The molecule has 150 valence electrons. The highest BCUT2D eigenvalue weighted by atomic mass is 35.5. The van der Waals surface area contributed by atoms with Crippen LogP contribution in [0.15, 0.2) is 67.3 Å². The third-order valence-corrected chi connectivity index (χ3v) is 5.34. The van der Waals surface area contributed by atoms with E-state index in [1.165, 1.54) is 0 Å². The summed E-state index contributed by atoms with van der Waals surface area (Å²) >= 11 is 12.6. The summed E-state index contributed by atoms with van der Waals surface area (Å²) in [6, 6.07) is 12.5. The second kappa shape index (κ2) is 10.9. The molecule has 0 spiro atoms. The summed E-state index contributed by atoms with van der Waals surface area (Å²) in [7, 11) is 0. The average Bonchev–Trinajstić information content (AvgIpc) is 2.75. The maximum atomic E-state index is 12.9. The van der Waals surface area contributed by atoms with Crippen molar-refractivity contribution in [3.05, 3.63) is 94.0 Å². The number of hydrogen-bond acceptors (Lipinski definition) is 4. The number of carbonyl (C=O) groups excluding carboxylic acids is 1. The zero-order valence-electron chi connectivity index (χ0n) is 15.8. The number of nitrogens with one attached hydrogen (secondary N) is 2. The fourth-order valence-electron chi connectivity index (χ4n) is 2.98. The van der Waals surface area contributed by atoms with Crippen LogP contribution in [0, 0.1) is 0 Å². The van der Waals surface area contributed by atoms with Gasteiger partial charge in [-0.25, -0.2) is 0 Å². The lowest BCUT2D eigenvalue weighted by Gasteiger charge is -2.20. The highest BCUT2D eigenvalue weighted by molar-refractivity contribution is 6.42. The van der Waals surface area contributed by atoms with E-state index in [1.54, 1.807) is 36.9 Å². The molecule has 0 aliphatic rings. The predicted octanol–water partition coefficient (Wildman–Crippen LogP) is 4.02. The first kappa shape index (κ1) is 21.2. The lowest BCUT2D eigenvalue weighted by molar-refractivity contribution is -0.123. The van der Waals surface area contributed by atoms with Crippen molar-refractivity contribution in [3.8, 4) is 0 Å². The molecule has 0 fully saturated rings. The number of nitrogens with zero attached hydrogens (tertiary/aromatic N) is 2. The molecule has 0 saturated heterocycles. The van der Waals surface area contributed by atoms with Gasteiger partial charge in [0, 0.05) is 37.9 Å². The number of aromatic nitrogens is 2. The molecule has 3 rings (SSSR count). The number of amides is 1. The molecule has 0 aliphatic carbocycles. The van der Waals surface area contributed by atoms with E-state index in [0.717, 1.165) is 17.5 Å². The summed E-state index contributed by atoms with van der Waals surface area (Å²) in [6.07, 6.45) is 8.50. The third-order valence-electron chi connectivity index (χ3n) is 4.50. The van der Waals surface area contributed by atoms with Gasteiger partial charge in [-0.15, -0.1) is 0 Å². The van der Waals surface area contributed by atoms with Crippen LogP contribution in [0.1, 0.15) is 22.7 Å². The summed E-state index contributed by atoms with van der Waals surface area (Å²) in [5.74, 6) is -0.146. The Balaban J connectivity index is 1.66. The average molecular weight is 429 g/mol. The van der Waals surface area contributed by atoms with Crippen LogP contribution in [0.5, 0.6) is 0 Å². The lowest BCUT2D eigenvalue weighted by Crippen LogP contribution is -2.39. The van der Waals surface area contributed by atoms with Gasteiger partial charge in [0.25, 0.3) is 0 Å². The maximum Gasteiger partial charge on any atom is 0.241 e. The fourth-order valence-corrected chi connectivity index (χ4v) is 3.39. The van der Waals surface area contributed by atoms with Crippen molar-refractivity contribution in [2.24, 2.45) is 0 Å². The zero-order chi connectivity index (χ0) is 20.5. The molecular formula is C22H22Cl2N4O. The summed E-state index contributed by atoms with van der Waals surface area (Å²) in [5, 5.41) is 7.11. The van der Waals surface area contributed by atoms with Crippen molar-refractivity contribution in [3.63, 3.8) is 0 Å². The molecule has 1 atom stereocenters. The second-order valence-electron chi connectivity index (χ2n) is 6.54. The Hall–Kier alpha value is -2.47. The van der Waals surface area contributed by atoms with Crippen LogP contribution in [0.25, 0.3) is 0 Å². The molecule has 29 heavy (non-hydrogen) atoms. The van der Waals surface area contributed by atoms with Crippen LogP contribution in [-0.2, 0) is 17.6 Å². The first-order chi connectivity index (χ1) is 14.1. The minimum Gasteiger partial charge on any atom is -0.354 e. The molecule has 5 nitrogen and oxygen atoms in total. The number of hydrogen-bond donors (Lipinski definition) is 2. The minimum absolute atomic E-state index is 0.146. The smallest absolute Gasteiger partial charge is 0.241 e. The second-order valence-corrected chi connectivity index (χ2v) is 7.32. The summed E-state index contributed by atoms with van der Waals surface area (Å²) < 4.78 is 0. The van der Waals surface area contributed by atoms with Crippen molar-refractivity contribution in [1.82, 2.24) is 20.6 Å². The predicted molar refractivity (Wildman–Crippen MR) is 116 cm³/mol. The molecule has 3 aromatic rings. The van der Waals surface area contributed by atoms with Crippen molar-refractivity contribution in [2.75, 3.05) is 13.1 Å². The fraction of sp³-hybridized carbons (Fsp3) is 0.227. The largest absolute Gasteiger partial charge is 0.354 e. The first-order valence-electron chi connectivity index (χ1n) is 9.38. The zero-order valence-corrected chi connectivity index (χ0v) is 17.3. The van der Waals surface area contributed by atoms with E-state index in [2.05, 4.69) is 20.6 Å². The molecular weight excluding hydrogens is 407 g/mol. The molecule has 2 aromatic heterocycles. The minimum atomic E-state index is -0.600. The molecule has 1 amide bonds. The Labute approximate surface area is 180 Å². The Morgan fingerprint density at radius 2 is 1.69 bits per heavy atom. The van der Waals surface area contributed by atoms with E-state index in [9.17, 15) is 4.79 Å². The highest BCUT2D eigenvalue weighted by Gasteiger charge is 2.23. The molecule has 0 saturated carbocycles. The number of pyridine rings is 2. The van der Waals surface area contributed by atoms with Crippen LogP contribution in [-0.4, -0.2) is 29.0 Å². The first-order valence-corrected chi connectivity index (χ1v) is 10.1. The summed E-state index contributed by atoms with van der Waals surface area (Å²) in [6.45, 7) is 1.11. The van der Waals surface area contributed by atoms with Gasteiger partial charge < -0.3 is 10.6 Å². The van der Waals surface area contributed by atoms with Gasteiger partial charge in [-0.2, -0.15) is 0 Å². The van der Waals surface area contributed by atoms with E-state index in [0.29, 0.717) is 35.1 Å². The van der Waals surface area contributed by atoms with E-state index in [1.807, 2.05) is 30.3 Å². The van der Waals surface area contributed by atoms with Crippen LogP contribution in [0.4, 0.5) is 0 Å². The number of halogens is 2. The quantitative estimate of drug-likeness (QED) is 0.539. The summed E-state index contributed by atoms with van der Waals surface area (Å²) in [4.78, 5) is 21.1. The molecule has 0 radical (unpaired) electrons. The van der Waals surface area contributed by atoms with Crippen molar-refractivity contribution < 1.29 is 4.79 Å². The number of benzene rings is 1. The van der Waals surface area contributed by atoms with E-state index in [4.69, 9.17) is 23.2 Å². The van der Waals surface area contributed by atoms with E-state index < -0.39 is 6.04 Å². The van der Waals surface area contributed by atoms with Gasteiger partial charge in [0.05, 0.1) is 10.0 Å². The molecule has 2 heterocycles. The molecule has 0 bridgehead atoms. The van der Waals surface area contributed by atoms with Crippen LogP contribution < -0.4 is 10.6 Å². The topological polar surface area (TPSA) is 66.9 Å². The van der Waals surface area contributed by atoms with Crippen LogP contribution >= 0.6 is 23.2 Å². The summed E-state index contributed by atoms with van der Waals surface area (Å²) in [5.41, 5.74) is 2.86.